The molecule has 0 saturated heterocycles. The van der Waals surface area contributed by atoms with Gasteiger partial charge < -0.3 is 14.4 Å². The van der Waals surface area contributed by atoms with Crippen molar-refractivity contribution in [2.24, 2.45) is 7.05 Å². The lowest BCUT2D eigenvalue weighted by atomic mass is 10.2. The summed E-state index contributed by atoms with van der Waals surface area (Å²) in [5.74, 6) is 1.23. The van der Waals surface area contributed by atoms with Gasteiger partial charge in [0.25, 0.3) is 0 Å². The predicted molar refractivity (Wildman–Crippen MR) is 133 cm³/mol. The Morgan fingerprint density at radius 2 is 1.66 bits per heavy atom. The van der Waals surface area contributed by atoms with E-state index in [1.165, 1.54) is 17.4 Å². The highest BCUT2D eigenvalue weighted by atomic mass is 32.2. The van der Waals surface area contributed by atoms with Crippen LogP contribution in [-0.2, 0) is 18.4 Å². The van der Waals surface area contributed by atoms with Gasteiger partial charge in [-0.2, -0.15) is 0 Å². The van der Waals surface area contributed by atoms with Gasteiger partial charge in [-0.25, -0.2) is 0 Å². The minimum atomic E-state index is 0.0991. The van der Waals surface area contributed by atoms with E-state index in [-0.39, 0.29) is 11.9 Å². The highest BCUT2D eigenvalue weighted by Gasteiger charge is 2.19. The first-order chi connectivity index (χ1) is 15.4. The number of thioether (sulfide) groups is 1. The zero-order valence-electron chi connectivity index (χ0n) is 19.7. The maximum absolute atomic E-state index is 13.0. The fourth-order valence-corrected chi connectivity index (χ4v) is 4.45. The second kappa shape index (κ2) is 11.2. The minimum Gasteiger partial charge on any atom is -0.372 e. The average molecular weight is 452 g/mol. The molecule has 2 aromatic carbocycles. The Hall–Kier alpha value is -2.80. The van der Waals surface area contributed by atoms with Crippen molar-refractivity contribution in [2.45, 2.75) is 45.4 Å². The summed E-state index contributed by atoms with van der Waals surface area (Å²) in [6.07, 6.45) is 0. The number of nitrogens with zero attached hydrogens (tertiary/aromatic N) is 5. The van der Waals surface area contributed by atoms with Crippen molar-refractivity contribution in [1.82, 2.24) is 19.7 Å². The van der Waals surface area contributed by atoms with Gasteiger partial charge in [0.1, 0.15) is 0 Å². The Bertz CT molecular complexity index is 997. The lowest BCUT2D eigenvalue weighted by Crippen LogP contribution is -2.37. The van der Waals surface area contributed by atoms with E-state index in [1.807, 2.05) is 48.6 Å². The molecule has 0 aliphatic carbocycles. The zero-order chi connectivity index (χ0) is 23.1. The summed E-state index contributed by atoms with van der Waals surface area (Å²) in [6, 6.07) is 18.6. The Balaban J connectivity index is 1.67. The van der Waals surface area contributed by atoms with Crippen LogP contribution in [0.25, 0.3) is 11.4 Å². The van der Waals surface area contributed by atoms with Crippen molar-refractivity contribution in [3.05, 3.63) is 60.2 Å². The van der Waals surface area contributed by atoms with Crippen molar-refractivity contribution < 1.29 is 4.79 Å². The third-order valence-electron chi connectivity index (χ3n) is 5.55. The highest BCUT2D eigenvalue weighted by Crippen LogP contribution is 2.25. The number of aromatic nitrogens is 3. The Morgan fingerprint density at radius 3 is 2.25 bits per heavy atom. The van der Waals surface area contributed by atoms with Gasteiger partial charge in [-0.3, -0.25) is 4.79 Å². The fourth-order valence-electron chi connectivity index (χ4n) is 3.65. The summed E-state index contributed by atoms with van der Waals surface area (Å²) >= 11 is 1.43. The molecule has 0 unspecified atom stereocenters. The molecule has 0 aliphatic heterocycles. The molecule has 0 bridgehead atoms. The molecule has 1 aromatic heterocycles. The van der Waals surface area contributed by atoms with Gasteiger partial charge in [-0.1, -0.05) is 42.1 Å². The first-order valence-corrected chi connectivity index (χ1v) is 12.1. The van der Waals surface area contributed by atoms with Crippen molar-refractivity contribution >= 4 is 23.4 Å². The second-order valence-electron chi connectivity index (χ2n) is 7.97. The number of carbonyl (C=O) groups excluding carboxylic acids is 1. The lowest BCUT2D eigenvalue weighted by Gasteiger charge is -2.26. The van der Waals surface area contributed by atoms with E-state index >= 15 is 0 Å². The van der Waals surface area contributed by atoms with Crippen molar-refractivity contribution in [1.29, 1.82) is 0 Å². The smallest absolute Gasteiger partial charge is 0.233 e. The van der Waals surface area contributed by atoms with Crippen LogP contribution < -0.4 is 4.90 Å². The maximum Gasteiger partial charge on any atom is 0.233 e. The number of amides is 1. The molecule has 3 rings (SSSR count). The van der Waals surface area contributed by atoms with Crippen LogP contribution in [0.3, 0.4) is 0 Å². The Kier molecular flexibility index (Phi) is 8.33. The standard InChI is InChI=1S/C25H33N5OS/c1-6-29(7-2)22-15-13-21(14-16-22)24-26-27-25(28(24)5)32-18-23(31)30(19(3)4)17-20-11-9-8-10-12-20/h8-16,19H,6-7,17-18H2,1-5H3. The molecule has 1 heterocycles. The number of carbonyl (C=O) groups is 1. The fraction of sp³-hybridized carbons (Fsp3) is 0.400. The van der Waals surface area contributed by atoms with Crippen LogP contribution in [0.1, 0.15) is 33.3 Å². The summed E-state index contributed by atoms with van der Waals surface area (Å²) in [5, 5.41) is 9.46. The van der Waals surface area contributed by atoms with E-state index in [0.717, 1.165) is 35.2 Å². The molecule has 0 spiro atoms. The molecule has 0 aliphatic rings. The summed E-state index contributed by atoms with van der Waals surface area (Å²) < 4.78 is 1.96. The number of hydrogen-bond donors (Lipinski definition) is 0. The zero-order valence-corrected chi connectivity index (χ0v) is 20.5. The third kappa shape index (κ3) is 5.71. The van der Waals surface area contributed by atoms with Crippen LogP contribution in [0, 0.1) is 0 Å². The van der Waals surface area contributed by atoms with E-state index in [4.69, 9.17) is 0 Å². The molecular formula is C25H33N5OS. The van der Waals surface area contributed by atoms with Gasteiger partial charge in [0.2, 0.25) is 5.91 Å². The quantitative estimate of drug-likeness (QED) is 0.412. The van der Waals surface area contributed by atoms with E-state index in [9.17, 15) is 4.79 Å². The molecule has 32 heavy (non-hydrogen) atoms. The number of rotatable bonds is 10. The van der Waals surface area contributed by atoms with Crippen molar-refractivity contribution in [2.75, 3.05) is 23.7 Å². The Morgan fingerprint density at radius 1 is 1.00 bits per heavy atom. The monoisotopic (exact) mass is 451 g/mol. The summed E-state index contributed by atoms with van der Waals surface area (Å²) in [6.45, 7) is 11.0. The van der Waals surface area contributed by atoms with Crippen molar-refractivity contribution in [3.8, 4) is 11.4 Å². The third-order valence-corrected chi connectivity index (χ3v) is 6.56. The maximum atomic E-state index is 13.0. The van der Waals surface area contributed by atoms with Crippen molar-refractivity contribution in [3.63, 3.8) is 0 Å². The normalized spacial score (nSPS) is 11.1. The Labute approximate surface area is 195 Å². The highest BCUT2D eigenvalue weighted by molar-refractivity contribution is 7.99. The number of anilines is 1. The summed E-state index contributed by atoms with van der Waals surface area (Å²) in [5.41, 5.74) is 3.35. The van der Waals surface area contributed by atoms with Gasteiger partial charge >= 0.3 is 0 Å². The lowest BCUT2D eigenvalue weighted by molar-refractivity contribution is -0.130. The summed E-state index contributed by atoms with van der Waals surface area (Å²) in [7, 11) is 1.95. The van der Waals surface area contributed by atoms with Crippen LogP contribution in [-0.4, -0.2) is 50.5 Å². The van der Waals surface area contributed by atoms with E-state index in [0.29, 0.717) is 12.3 Å². The molecule has 0 N–H and O–H groups in total. The number of hydrogen-bond acceptors (Lipinski definition) is 5. The second-order valence-corrected chi connectivity index (χ2v) is 8.92. The topological polar surface area (TPSA) is 54.3 Å². The molecule has 170 valence electrons. The van der Waals surface area contributed by atoms with Crippen LogP contribution in [0.5, 0.6) is 0 Å². The molecule has 0 fully saturated rings. The van der Waals surface area contributed by atoms with E-state index < -0.39 is 0 Å². The van der Waals surface area contributed by atoms with Gasteiger partial charge in [0.15, 0.2) is 11.0 Å². The van der Waals surface area contributed by atoms with Crippen LogP contribution in [0.2, 0.25) is 0 Å². The van der Waals surface area contributed by atoms with Crippen LogP contribution in [0.4, 0.5) is 5.69 Å². The molecule has 3 aromatic rings. The molecule has 1 amide bonds. The average Bonchev–Trinajstić information content (AvgIpc) is 3.18. The number of benzene rings is 2. The first-order valence-electron chi connectivity index (χ1n) is 11.2. The minimum absolute atomic E-state index is 0.0991. The van der Waals surface area contributed by atoms with E-state index in [2.05, 4.69) is 65.3 Å². The molecule has 0 radical (unpaired) electrons. The molecular weight excluding hydrogens is 418 g/mol. The van der Waals surface area contributed by atoms with Gasteiger partial charge in [0, 0.05) is 44.0 Å². The molecule has 7 heteroatoms. The molecule has 6 nitrogen and oxygen atoms in total. The predicted octanol–water partition coefficient (Wildman–Crippen LogP) is 4.86. The SMILES string of the molecule is CCN(CC)c1ccc(-c2nnc(SCC(=O)N(Cc3ccccc3)C(C)C)n2C)cc1. The largest absolute Gasteiger partial charge is 0.372 e. The van der Waals surface area contributed by atoms with Crippen LogP contribution in [0.15, 0.2) is 59.8 Å². The molecule has 0 atom stereocenters. The van der Waals surface area contributed by atoms with Gasteiger partial charge in [0.05, 0.1) is 5.75 Å². The first kappa shape index (κ1) is 23.9. The van der Waals surface area contributed by atoms with Crippen LogP contribution >= 0.6 is 11.8 Å². The van der Waals surface area contributed by atoms with Gasteiger partial charge in [-0.05, 0) is 57.5 Å². The molecule has 0 saturated carbocycles. The van der Waals surface area contributed by atoms with E-state index in [1.54, 1.807) is 0 Å². The summed E-state index contributed by atoms with van der Waals surface area (Å²) in [4.78, 5) is 17.2. The van der Waals surface area contributed by atoms with Gasteiger partial charge in [-0.15, -0.1) is 10.2 Å².